The Morgan fingerprint density at radius 1 is 1.58 bits per heavy atom. The number of rotatable bonds is 5. The molecule has 1 aliphatic carbocycles. The maximum absolute atomic E-state index is 11.7. The van der Waals surface area contributed by atoms with Gasteiger partial charge in [-0.3, -0.25) is 9.59 Å². The molecule has 0 aromatic heterocycles. The van der Waals surface area contributed by atoms with E-state index in [2.05, 4.69) is 5.32 Å². The van der Waals surface area contributed by atoms with Gasteiger partial charge in [0.1, 0.15) is 12.4 Å². The number of benzene rings is 1. The first-order valence-corrected chi connectivity index (χ1v) is 6.14. The fourth-order valence-electron chi connectivity index (χ4n) is 1.85. The SMILES string of the molecule is CN(CC(=O)NC1CC1)c1ccc(C=O)cc1C#N. The zero-order valence-corrected chi connectivity index (χ0v) is 10.7. The van der Waals surface area contributed by atoms with Crippen LogP contribution >= 0.6 is 0 Å². The van der Waals surface area contributed by atoms with E-state index in [1.165, 1.54) is 6.07 Å². The maximum atomic E-state index is 11.7. The Kier molecular flexibility index (Phi) is 3.81. The van der Waals surface area contributed by atoms with Crippen LogP contribution in [0, 0.1) is 11.3 Å². The fourth-order valence-corrected chi connectivity index (χ4v) is 1.85. The lowest BCUT2D eigenvalue weighted by molar-refractivity contribution is -0.119. The van der Waals surface area contributed by atoms with Crippen LogP contribution in [0.1, 0.15) is 28.8 Å². The van der Waals surface area contributed by atoms with Gasteiger partial charge in [0.2, 0.25) is 5.91 Å². The molecule has 1 N–H and O–H groups in total. The van der Waals surface area contributed by atoms with Gasteiger partial charge >= 0.3 is 0 Å². The minimum absolute atomic E-state index is 0.0478. The van der Waals surface area contributed by atoms with Crippen molar-refractivity contribution in [2.24, 2.45) is 0 Å². The molecule has 0 aliphatic heterocycles. The fraction of sp³-hybridized carbons (Fsp3) is 0.357. The Balaban J connectivity index is 2.09. The molecular formula is C14H15N3O2. The number of anilines is 1. The third-order valence-electron chi connectivity index (χ3n) is 3.01. The number of nitrogens with one attached hydrogen (secondary N) is 1. The molecular weight excluding hydrogens is 242 g/mol. The van der Waals surface area contributed by atoms with Gasteiger partial charge in [0.05, 0.1) is 17.8 Å². The van der Waals surface area contributed by atoms with Gasteiger partial charge in [-0.1, -0.05) is 0 Å². The summed E-state index contributed by atoms with van der Waals surface area (Å²) in [6.45, 7) is 0.200. The van der Waals surface area contributed by atoms with Gasteiger partial charge in [0, 0.05) is 18.7 Å². The molecule has 1 aromatic carbocycles. The quantitative estimate of drug-likeness (QED) is 0.801. The predicted molar refractivity (Wildman–Crippen MR) is 71.0 cm³/mol. The van der Waals surface area contributed by atoms with Crippen LogP contribution in [0.3, 0.4) is 0 Å². The number of hydrogen-bond donors (Lipinski definition) is 1. The zero-order chi connectivity index (χ0) is 13.8. The molecule has 1 amide bonds. The highest BCUT2D eigenvalue weighted by Gasteiger charge is 2.23. The third kappa shape index (κ3) is 3.32. The van der Waals surface area contributed by atoms with Crippen molar-refractivity contribution in [3.05, 3.63) is 29.3 Å². The van der Waals surface area contributed by atoms with E-state index in [0.717, 1.165) is 12.8 Å². The molecule has 5 nitrogen and oxygen atoms in total. The predicted octanol–water partition coefficient (Wildman–Crippen LogP) is 1.09. The number of carbonyl (C=O) groups is 2. The van der Waals surface area contributed by atoms with E-state index >= 15 is 0 Å². The molecule has 0 saturated heterocycles. The minimum atomic E-state index is -0.0478. The maximum Gasteiger partial charge on any atom is 0.239 e. The molecule has 98 valence electrons. The first kappa shape index (κ1) is 13.1. The second-order valence-electron chi connectivity index (χ2n) is 4.70. The summed E-state index contributed by atoms with van der Waals surface area (Å²) in [6, 6.07) is 7.22. The van der Waals surface area contributed by atoms with E-state index in [0.29, 0.717) is 29.1 Å². The van der Waals surface area contributed by atoms with Crippen molar-refractivity contribution < 1.29 is 9.59 Å². The Morgan fingerprint density at radius 2 is 2.32 bits per heavy atom. The molecule has 1 fully saturated rings. The smallest absolute Gasteiger partial charge is 0.239 e. The first-order chi connectivity index (χ1) is 9.13. The summed E-state index contributed by atoms with van der Waals surface area (Å²) in [5.41, 5.74) is 1.50. The van der Waals surface area contributed by atoms with Crippen LogP contribution in [-0.2, 0) is 4.79 Å². The Hall–Kier alpha value is -2.35. The molecule has 19 heavy (non-hydrogen) atoms. The number of amides is 1. The van der Waals surface area contributed by atoms with Gasteiger partial charge in [0.25, 0.3) is 0 Å². The van der Waals surface area contributed by atoms with Crippen molar-refractivity contribution in [1.29, 1.82) is 5.26 Å². The molecule has 5 heteroatoms. The molecule has 0 bridgehead atoms. The molecule has 0 atom stereocenters. The molecule has 0 unspecified atom stereocenters. The third-order valence-corrected chi connectivity index (χ3v) is 3.01. The van der Waals surface area contributed by atoms with Gasteiger partial charge in [-0.15, -0.1) is 0 Å². The molecule has 1 aliphatic rings. The van der Waals surface area contributed by atoms with Crippen LogP contribution in [0.2, 0.25) is 0 Å². The van der Waals surface area contributed by atoms with Crippen LogP contribution in [0.5, 0.6) is 0 Å². The van der Waals surface area contributed by atoms with Gasteiger partial charge in [-0.2, -0.15) is 5.26 Å². The summed E-state index contributed by atoms with van der Waals surface area (Å²) in [7, 11) is 1.75. The van der Waals surface area contributed by atoms with Gasteiger partial charge < -0.3 is 10.2 Å². The highest BCUT2D eigenvalue weighted by molar-refractivity contribution is 5.83. The van der Waals surface area contributed by atoms with Crippen molar-refractivity contribution in [2.45, 2.75) is 18.9 Å². The highest BCUT2D eigenvalue weighted by Crippen LogP contribution is 2.21. The Labute approximate surface area is 111 Å². The van der Waals surface area contributed by atoms with E-state index in [-0.39, 0.29) is 12.5 Å². The van der Waals surface area contributed by atoms with Crippen LogP contribution in [-0.4, -0.2) is 31.8 Å². The molecule has 2 rings (SSSR count). The normalized spacial score (nSPS) is 13.5. The number of likely N-dealkylation sites (N-methyl/N-ethyl adjacent to an activating group) is 1. The second-order valence-corrected chi connectivity index (χ2v) is 4.70. The number of hydrogen-bond acceptors (Lipinski definition) is 4. The summed E-state index contributed by atoms with van der Waals surface area (Å²) in [5, 5.41) is 12.0. The lowest BCUT2D eigenvalue weighted by Crippen LogP contribution is -2.36. The summed E-state index contributed by atoms with van der Waals surface area (Å²) in [4.78, 5) is 24.1. The lowest BCUT2D eigenvalue weighted by atomic mass is 10.1. The van der Waals surface area contributed by atoms with Crippen LogP contribution in [0.4, 0.5) is 5.69 Å². The summed E-state index contributed by atoms with van der Waals surface area (Å²) < 4.78 is 0. The summed E-state index contributed by atoms with van der Waals surface area (Å²) in [5.74, 6) is -0.0478. The molecule has 0 heterocycles. The van der Waals surface area contributed by atoms with Gasteiger partial charge in [-0.25, -0.2) is 0 Å². The van der Waals surface area contributed by atoms with E-state index < -0.39 is 0 Å². The van der Waals surface area contributed by atoms with Crippen LogP contribution < -0.4 is 10.2 Å². The van der Waals surface area contributed by atoms with E-state index in [4.69, 9.17) is 5.26 Å². The molecule has 0 spiro atoms. The second kappa shape index (κ2) is 5.53. The van der Waals surface area contributed by atoms with E-state index in [9.17, 15) is 9.59 Å². The van der Waals surface area contributed by atoms with Crippen molar-refractivity contribution in [3.63, 3.8) is 0 Å². The highest BCUT2D eigenvalue weighted by atomic mass is 16.2. The number of carbonyl (C=O) groups excluding carboxylic acids is 2. The minimum Gasteiger partial charge on any atom is -0.364 e. The number of nitriles is 1. The van der Waals surface area contributed by atoms with Crippen molar-refractivity contribution in [3.8, 4) is 6.07 Å². The van der Waals surface area contributed by atoms with Gasteiger partial charge in [0.15, 0.2) is 0 Å². The Bertz CT molecular complexity index is 544. The largest absolute Gasteiger partial charge is 0.364 e. The van der Waals surface area contributed by atoms with E-state index in [1.807, 2.05) is 6.07 Å². The summed E-state index contributed by atoms with van der Waals surface area (Å²) >= 11 is 0. The number of nitrogens with zero attached hydrogens (tertiary/aromatic N) is 2. The average Bonchev–Trinajstić information content (AvgIpc) is 3.21. The number of aldehydes is 1. The topological polar surface area (TPSA) is 73.2 Å². The van der Waals surface area contributed by atoms with Crippen molar-refractivity contribution >= 4 is 17.9 Å². The monoisotopic (exact) mass is 257 g/mol. The molecule has 1 aromatic rings. The van der Waals surface area contributed by atoms with Crippen molar-refractivity contribution in [1.82, 2.24) is 5.32 Å². The van der Waals surface area contributed by atoms with E-state index in [1.54, 1.807) is 24.1 Å². The summed E-state index contributed by atoms with van der Waals surface area (Å²) in [6.07, 6.45) is 2.80. The average molecular weight is 257 g/mol. The Morgan fingerprint density at radius 3 is 2.89 bits per heavy atom. The van der Waals surface area contributed by atoms with Crippen molar-refractivity contribution in [2.75, 3.05) is 18.5 Å². The zero-order valence-electron chi connectivity index (χ0n) is 10.7. The van der Waals surface area contributed by atoms with Crippen LogP contribution in [0.15, 0.2) is 18.2 Å². The lowest BCUT2D eigenvalue weighted by Gasteiger charge is -2.20. The molecule has 0 radical (unpaired) electrons. The standard InChI is InChI=1S/C14H15N3O2/c1-17(8-14(19)16-12-3-4-12)13-5-2-10(9-18)6-11(13)7-15/h2,5-6,9,12H,3-4,8H2,1H3,(H,16,19). The molecule has 1 saturated carbocycles. The first-order valence-electron chi connectivity index (χ1n) is 6.14. The van der Waals surface area contributed by atoms with Crippen LogP contribution in [0.25, 0.3) is 0 Å². The van der Waals surface area contributed by atoms with Gasteiger partial charge in [-0.05, 0) is 31.0 Å².